The van der Waals surface area contributed by atoms with Crippen LogP contribution in [0.2, 0.25) is 0 Å². The molecule has 0 aliphatic heterocycles. The van der Waals surface area contributed by atoms with Gasteiger partial charge in [0.15, 0.2) is 0 Å². The van der Waals surface area contributed by atoms with Crippen LogP contribution in [0.3, 0.4) is 0 Å². The maximum atomic E-state index is 12.2. The first-order valence-electron chi connectivity index (χ1n) is 7.74. The summed E-state index contributed by atoms with van der Waals surface area (Å²) in [5.74, 6) is -16.5. The van der Waals surface area contributed by atoms with E-state index in [9.17, 15) is 57.5 Å². The molecule has 8 nitrogen and oxygen atoms in total. The van der Waals surface area contributed by atoms with E-state index in [-0.39, 0.29) is 11.8 Å². The molecule has 0 saturated heterocycles. The van der Waals surface area contributed by atoms with E-state index in [4.69, 9.17) is 15.5 Å². The van der Waals surface area contributed by atoms with Crippen LogP contribution in [-0.4, -0.2) is 53.3 Å². The smallest absolute Gasteiger partial charge is 0.369 e. The summed E-state index contributed by atoms with van der Waals surface area (Å²) in [4.78, 5) is 22.5. The molecular formula is C13H13F9N2O6S. The third-order valence-electron chi connectivity index (χ3n) is 4.64. The van der Waals surface area contributed by atoms with Crippen LogP contribution in [0, 0.1) is 23.7 Å². The Morgan fingerprint density at radius 3 is 1.65 bits per heavy atom. The molecule has 2 rings (SSSR count). The first-order chi connectivity index (χ1) is 13.6. The maximum Gasteiger partial charge on any atom is 0.460 e. The molecular weight excluding hydrogens is 483 g/mol. The number of primary amides is 1. The lowest BCUT2D eigenvalue weighted by Gasteiger charge is -2.31. The number of rotatable bonds is 5. The quantitative estimate of drug-likeness (QED) is 0.150. The first kappa shape index (κ1) is 27.0. The minimum Gasteiger partial charge on any atom is -0.369 e. The van der Waals surface area contributed by atoms with Crippen LogP contribution in [-0.2, 0) is 19.7 Å². The summed E-state index contributed by atoms with van der Waals surface area (Å²) in [6.07, 6.45) is -2.50. The van der Waals surface area contributed by atoms with E-state index in [1.807, 2.05) is 12.2 Å². The molecule has 0 heterocycles. The van der Waals surface area contributed by atoms with Gasteiger partial charge in [-0.05, 0) is 18.3 Å². The lowest BCUT2D eigenvalue weighted by atomic mass is 9.82. The van der Waals surface area contributed by atoms with E-state index in [1.54, 1.807) is 5.48 Å². The van der Waals surface area contributed by atoms with Crippen molar-refractivity contribution in [2.24, 2.45) is 29.4 Å². The van der Waals surface area contributed by atoms with Crippen molar-refractivity contribution >= 4 is 21.9 Å². The number of carbonyl (C=O) groups excluding carboxylic acids is 2. The Hall–Kier alpha value is -2.08. The lowest BCUT2D eigenvalue weighted by molar-refractivity contribution is -0.382. The number of nitrogens with one attached hydrogen (secondary N) is 1. The number of amides is 2. The second-order valence-electron chi connectivity index (χ2n) is 6.52. The van der Waals surface area contributed by atoms with Gasteiger partial charge in [-0.2, -0.15) is 47.9 Å². The molecule has 1 fully saturated rings. The zero-order valence-corrected chi connectivity index (χ0v) is 15.4. The number of hydroxylamine groups is 1. The van der Waals surface area contributed by atoms with Gasteiger partial charge in [-0.3, -0.25) is 19.3 Å². The van der Waals surface area contributed by atoms with Crippen molar-refractivity contribution in [1.82, 2.24) is 5.48 Å². The Kier molecular flexibility index (Phi) is 7.06. The van der Waals surface area contributed by atoms with E-state index < -0.39 is 57.0 Å². The number of hydrogen-bond donors (Lipinski definition) is 4. The van der Waals surface area contributed by atoms with Gasteiger partial charge in [0.25, 0.3) is 0 Å². The van der Waals surface area contributed by atoms with E-state index in [1.165, 1.54) is 0 Å². The second kappa shape index (κ2) is 8.12. The van der Waals surface area contributed by atoms with E-state index in [0.29, 0.717) is 0 Å². The standard InChI is InChI=1S/C9H12N2O3.C4HF9O3S/c10-8(12)6-4-1-2-5(3-4)7(6)9(13)11-14;5-1(6,3(9,10)11)2(7,8)4(12,13)17(14,15)16/h1-2,4-7,14H,3H2,(H2,10,12)(H,11,13);(H,14,15,16). The molecule has 4 atom stereocenters. The Balaban J connectivity index is 0.000000314. The highest BCUT2D eigenvalue weighted by Gasteiger charge is 2.85. The molecule has 31 heavy (non-hydrogen) atoms. The van der Waals surface area contributed by atoms with Crippen molar-refractivity contribution in [2.45, 2.75) is 29.7 Å². The molecule has 2 aliphatic rings. The van der Waals surface area contributed by atoms with Crippen LogP contribution in [0.4, 0.5) is 39.5 Å². The van der Waals surface area contributed by atoms with Crippen LogP contribution < -0.4 is 11.2 Å². The Bertz CT molecular complexity index is 858. The third-order valence-corrected chi connectivity index (χ3v) is 5.54. The predicted octanol–water partition coefficient (Wildman–Crippen LogP) is 1.72. The predicted molar refractivity (Wildman–Crippen MR) is 79.3 cm³/mol. The van der Waals surface area contributed by atoms with Crippen LogP contribution in [0.25, 0.3) is 0 Å². The van der Waals surface area contributed by atoms with Gasteiger partial charge in [0.1, 0.15) is 0 Å². The van der Waals surface area contributed by atoms with Crippen LogP contribution in [0.15, 0.2) is 12.2 Å². The number of halogens is 9. The lowest BCUT2D eigenvalue weighted by Crippen LogP contribution is -2.63. The Labute approximate surface area is 167 Å². The van der Waals surface area contributed by atoms with Gasteiger partial charge >= 0.3 is 33.4 Å². The third kappa shape index (κ3) is 4.45. The summed E-state index contributed by atoms with van der Waals surface area (Å²) in [7, 11) is -7.17. The fourth-order valence-corrected chi connectivity index (χ4v) is 3.62. The number of nitrogens with two attached hydrogens (primary N) is 1. The normalized spacial score (nSPS) is 26.3. The molecule has 5 N–H and O–H groups in total. The zero-order chi connectivity index (χ0) is 24.8. The fraction of sp³-hybridized carbons (Fsp3) is 0.692. The van der Waals surface area contributed by atoms with Gasteiger partial charge in [-0.25, -0.2) is 5.48 Å². The molecule has 2 aliphatic carbocycles. The monoisotopic (exact) mass is 496 g/mol. The Morgan fingerprint density at radius 1 is 0.903 bits per heavy atom. The number of fused-ring (bicyclic) bond motifs is 2. The van der Waals surface area contributed by atoms with Crippen molar-refractivity contribution in [3.63, 3.8) is 0 Å². The molecule has 2 bridgehead atoms. The number of allylic oxidation sites excluding steroid dienone is 2. The van der Waals surface area contributed by atoms with Crippen molar-refractivity contribution < 1.29 is 67.3 Å². The van der Waals surface area contributed by atoms with Crippen molar-refractivity contribution in [3.8, 4) is 0 Å². The molecule has 0 radical (unpaired) electrons. The van der Waals surface area contributed by atoms with Gasteiger partial charge in [0.2, 0.25) is 11.8 Å². The summed E-state index contributed by atoms with van der Waals surface area (Å²) in [5.41, 5.74) is 6.83. The van der Waals surface area contributed by atoms with Gasteiger partial charge in [-0.15, -0.1) is 0 Å². The minimum absolute atomic E-state index is 0.0460. The number of hydrogen-bond acceptors (Lipinski definition) is 5. The highest BCUT2D eigenvalue weighted by molar-refractivity contribution is 7.87. The first-order valence-corrected chi connectivity index (χ1v) is 9.18. The van der Waals surface area contributed by atoms with Crippen molar-refractivity contribution in [3.05, 3.63) is 12.2 Å². The topological polar surface area (TPSA) is 147 Å². The van der Waals surface area contributed by atoms with Gasteiger partial charge in [0.05, 0.1) is 11.8 Å². The van der Waals surface area contributed by atoms with Crippen LogP contribution >= 0.6 is 0 Å². The number of carbonyl (C=O) groups is 2. The van der Waals surface area contributed by atoms with E-state index >= 15 is 0 Å². The van der Waals surface area contributed by atoms with Gasteiger partial charge < -0.3 is 5.73 Å². The van der Waals surface area contributed by atoms with Gasteiger partial charge in [-0.1, -0.05) is 12.2 Å². The average Bonchev–Trinajstić information content (AvgIpc) is 3.20. The molecule has 180 valence electrons. The average molecular weight is 496 g/mol. The fourth-order valence-electron chi connectivity index (χ4n) is 3.16. The molecule has 1 saturated carbocycles. The van der Waals surface area contributed by atoms with Crippen molar-refractivity contribution in [1.29, 1.82) is 0 Å². The Morgan fingerprint density at radius 2 is 1.32 bits per heavy atom. The molecule has 2 amide bonds. The maximum absolute atomic E-state index is 12.2. The van der Waals surface area contributed by atoms with Crippen molar-refractivity contribution in [2.75, 3.05) is 0 Å². The minimum atomic E-state index is -7.37. The molecule has 0 spiro atoms. The van der Waals surface area contributed by atoms with Crippen LogP contribution in [0.5, 0.6) is 0 Å². The summed E-state index contributed by atoms with van der Waals surface area (Å²) in [6, 6.07) is 0. The number of alkyl halides is 9. The molecule has 4 unspecified atom stereocenters. The second-order valence-corrected chi connectivity index (χ2v) is 7.98. The summed E-state index contributed by atoms with van der Waals surface area (Å²) >= 11 is 0. The highest BCUT2D eigenvalue weighted by Crippen LogP contribution is 2.54. The zero-order valence-electron chi connectivity index (χ0n) is 14.6. The molecule has 0 aromatic carbocycles. The SMILES string of the molecule is NC(=O)C1C2C=CC(C2)C1C(=O)NO.O=S(=O)(O)C(F)(F)C(F)(F)C(F)(F)C(F)(F)F. The van der Waals surface area contributed by atoms with Crippen LogP contribution in [0.1, 0.15) is 6.42 Å². The van der Waals surface area contributed by atoms with E-state index in [2.05, 4.69) is 0 Å². The van der Waals surface area contributed by atoms with E-state index in [0.717, 1.165) is 6.42 Å². The highest BCUT2D eigenvalue weighted by atomic mass is 32.2. The molecule has 0 aromatic rings. The summed E-state index contributed by atoms with van der Waals surface area (Å²) in [5, 5.41) is 1.55. The largest absolute Gasteiger partial charge is 0.460 e. The molecule has 18 heteroatoms. The molecule has 0 aromatic heterocycles. The summed E-state index contributed by atoms with van der Waals surface area (Å²) < 4.78 is 134. The summed E-state index contributed by atoms with van der Waals surface area (Å²) in [6.45, 7) is 0. The van der Waals surface area contributed by atoms with Gasteiger partial charge in [0, 0.05) is 0 Å².